The Balaban J connectivity index is 2.06. The fourth-order valence-corrected chi connectivity index (χ4v) is 2.18. The van der Waals surface area contributed by atoms with Crippen LogP contribution in [0.4, 0.5) is 0 Å². The van der Waals surface area contributed by atoms with Gasteiger partial charge in [-0.15, -0.1) is 0 Å². The molecule has 1 aliphatic heterocycles. The van der Waals surface area contributed by atoms with E-state index >= 15 is 0 Å². The summed E-state index contributed by atoms with van der Waals surface area (Å²) in [6.07, 6.45) is 0.543. The van der Waals surface area contributed by atoms with Gasteiger partial charge in [-0.2, -0.15) is 0 Å². The first kappa shape index (κ1) is 12.1. The standard InChI is InChI=1S/C14H20N2O/c1-14(2)8-13(17)16(10-12(14)15)9-11-6-4-3-5-7-11/h3-7,12H,8-10,15H2,1-2H3. The van der Waals surface area contributed by atoms with Crippen LogP contribution in [0.5, 0.6) is 0 Å². The van der Waals surface area contributed by atoms with Crippen LogP contribution >= 0.6 is 0 Å². The molecule has 2 N–H and O–H groups in total. The van der Waals surface area contributed by atoms with Crippen LogP contribution in [0.3, 0.4) is 0 Å². The van der Waals surface area contributed by atoms with Gasteiger partial charge in [-0.1, -0.05) is 44.2 Å². The number of likely N-dealkylation sites (tertiary alicyclic amines) is 1. The van der Waals surface area contributed by atoms with Gasteiger partial charge in [0.05, 0.1) is 0 Å². The Kier molecular flexibility index (Phi) is 3.20. The second kappa shape index (κ2) is 4.49. The Morgan fingerprint density at radius 3 is 2.65 bits per heavy atom. The summed E-state index contributed by atoms with van der Waals surface area (Å²) in [5.41, 5.74) is 7.21. The highest BCUT2D eigenvalue weighted by Gasteiger charge is 2.37. The van der Waals surface area contributed by atoms with Gasteiger partial charge in [-0.3, -0.25) is 4.79 Å². The van der Waals surface area contributed by atoms with Gasteiger partial charge >= 0.3 is 0 Å². The van der Waals surface area contributed by atoms with E-state index in [2.05, 4.69) is 13.8 Å². The van der Waals surface area contributed by atoms with Gasteiger partial charge in [0, 0.05) is 25.6 Å². The van der Waals surface area contributed by atoms with Crippen molar-refractivity contribution in [2.75, 3.05) is 6.54 Å². The highest BCUT2D eigenvalue weighted by molar-refractivity contribution is 5.78. The summed E-state index contributed by atoms with van der Waals surface area (Å²) in [4.78, 5) is 13.9. The van der Waals surface area contributed by atoms with E-state index in [1.807, 2.05) is 35.2 Å². The molecule has 1 fully saturated rings. The number of carbonyl (C=O) groups is 1. The fraction of sp³-hybridized carbons (Fsp3) is 0.500. The van der Waals surface area contributed by atoms with Crippen LogP contribution in [0, 0.1) is 5.41 Å². The van der Waals surface area contributed by atoms with Gasteiger partial charge in [0.2, 0.25) is 5.91 Å². The zero-order valence-corrected chi connectivity index (χ0v) is 10.5. The molecule has 0 saturated carbocycles. The Labute approximate surface area is 103 Å². The molecule has 0 aromatic heterocycles. The highest BCUT2D eigenvalue weighted by Crippen LogP contribution is 2.30. The summed E-state index contributed by atoms with van der Waals surface area (Å²) in [6.45, 7) is 5.45. The molecule has 3 heteroatoms. The maximum Gasteiger partial charge on any atom is 0.223 e. The summed E-state index contributed by atoms with van der Waals surface area (Å²) in [5, 5.41) is 0. The molecule has 1 aromatic rings. The summed E-state index contributed by atoms with van der Waals surface area (Å²) in [7, 11) is 0. The van der Waals surface area contributed by atoms with Crippen LogP contribution in [-0.4, -0.2) is 23.4 Å². The molecule has 0 spiro atoms. The van der Waals surface area contributed by atoms with Crippen molar-refractivity contribution >= 4 is 5.91 Å². The smallest absolute Gasteiger partial charge is 0.223 e. The van der Waals surface area contributed by atoms with Crippen molar-refractivity contribution in [3.05, 3.63) is 35.9 Å². The average Bonchev–Trinajstić information content (AvgIpc) is 2.27. The molecule has 1 aliphatic rings. The van der Waals surface area contributed by atoms with Crippen molar-refractivity contribution in [1.82, 2.24) is 4.90 Å². The Morgan fingerprint density at radius 2 is 2.00 bits per heavy atom. The van der Waals surface area contributed by atoms with Crippen molar-refractivity contribution in [1.29, 1.82) is 0 Å². The molecular weight excluding hydrogens is 212 g/mol. The number of hydrogen-bond donors (Lipinski definition) is 1. The fourth-order valence-electron chi connectivity index (χ4n) is 2.18. The molecule has 0 aliphatic carbocycles. The van der Waals surface area contributed by atoms with Crippen molar-refractivity contribution < 1.29 is 4.79 Å². The van der Waals surface area contributed by atoms with Gasteiger partial charge in [-0.05, 0) is 11.0 Å². The normalized spacial score (nSPS) is 23.8. The minimum atomic E-state index is -0.0791. The third-order valence-electron chi connectivity index (χ3n) is 3.60. The predicted molar refractivity (Wildman–Crippen MR) is 68.2 cm³/mol. The lowest BCUT2D eigenvalue weighted by Crippen LogP contribution is -2.54. The summed E-state index contributed by atoms with van der Waals surface area (Å²) >= 11 is 0. The van der Waals surface area contributed by atoms with E-state index in [4.69, 9.17) is 5.73 Å². The summed E-state index contributed by atoms with van der Waals surface area (Å²) < 4.78 is 0. The Morgan fingerprint density at radius 1 is 1.35 bits per heavy atom. The number of nitrogens with zero attached hydrogens (tertiary/aromatic N) is 1. The second-order valence-corrected chi connectivity index (χ2v) is 5.53. The lowest BCUT2D eigenvalue weighted by molar-refractivity contribution is -0.138. The number of carbonyl (C=O) groups excluding carboxylic acids is 1. The Bertz CT molecular complexity index is 400. The van der Waals surface area contributed by atoms with Crippen LogP contribution in [0.1, 0.15) is 25.8 Å². The first-order chi connectivity index (χ1) is 7.99. The highest BCUT2D eigenvalue weighted by atomic mass is 16.2. The largest absolute Gasteiger partial charge is 0.337 e. The van der Waals surface area contributed by atoms with E-state index in [1.165, 1.54) is 0 Å². The number of amides is 1. The average molecular weight is 232 g/mol. The zero-order valence-electron chi connectivity index (χ0n) is 10.5. The predicted octanol–water partition coefficient (Wildman–Crippen LogP) is 1.77. The van der Waals surface area contributed by atoms with Gasteiger partial charge in [0.25, 0.3) is 0 Å². The number of rotatable bonds is 2. The van der Waals surface area contributed by atoms with E-state index in [1.54, 1.807) is 0 Å². The second-order valence-electron chi connectivity index (χ2n) is 5.53. The van der Waals surface area contributed by atoms with E-state index < -0.39 is 0 Å². The zero-order chi connectivity index (χ0) is 12.5. The molecule has 17 heavy (non-hydrogen) atoms. The summed E-state index contributed by atoms with van der Waals surface area (Å²) in [5.74, 6) is 0.209. The van der Waals surface area contributed by atoms with Crippen LogP contribution in [-0.2, 0) is 11.3 Å². The van der Waals surface area contributed by atoms with E-state index in [0.717, 1.165) is 5.56 Å². The molecular formula is C14H20N2O. The van der Waals surface area contributed by atoms with E-state index in [9.17, 15) is 4.79 Å². The van der Waals surface area contributed by atoms with Crippen LogP contribution < -0.4 is 5.73 Å². The molecule has 1 atom stereocenters. The van der Waals surface area contributed by atoms with Gasteiger partial charge < -0.3 is 10.6 Å². The van der Waals surface area contributed by atoms with Gasteiger partial charge in [-0.25, -0.2) is 0 Å². The van der Waals surface area contributed by atoms with Crippen LogP contribution in [0.15, 0.2) is 30.3 Å². The minimum Gasteiger partial charge on any atom is -0.337 e. The maximum absolute atomic E-state index is 12.0. The summed E-state index contributed by atoms with van der Waals surface area (Å²) in [6, 6.07) is 10.1. The molecule has 1 heterocycles. The van der Waals surface area contributed by atoms with Crippen molar-refractivity contribution in [2.24, 2.45) is 11.1 Å². The molecule has 2 rings (SSSR count). The van der Waals surface area contributed by atoms with Crippen LogP contribution in [0.25, 0.3) is 0 Å². The molecule has 92 valence electrons. The lowest BCUT2D eigenvalue weighted by Gasteiger charge is -2.41. The van der Waals surface area contributed by atoms with Gasteiger partial charge in [0.1, 0.15) is 0 Å². The quantitative estimate of drug-likeness (QED) is 0.844. The SMILES string of the molecule is CC1(C)CC(=O)N(Cc2ccccc2)CC1N. The molecule has 1 saturated heterocycles. The lowest BCUT2D eigenvalue weighted by atomic mass is 9.78. The monoisotopic (exact) mass is 232 g/mol. The molecule has 1 aromatic carbocycles. The van der Waals surface area contributed by atoms with Crippen molar-refractivity contribution in [3.63, 3.8) is 0 Å². The molecule has 0 radical (unpaired) electrons. The van der Waals surface area contributed by atoms with Crippen LogP contribution in [0.2, 0.25) is 0 Å². The number of benzene rings is 1. The molecule has 0 bridgehead atoms. The minimum absolute atomic E-state index is 0.0592. The van der Waals surface area contributed by atoms with Crippen molar-refractivity contribution in [2.45, 2.75) is 32.9 Å². The molecule has 1 amide bonds. The maximum atomic E-state index is 12.0. The van der Waals surface area contributed by atoms with Gasteiger partial charge in [0.15, 0.2) is 0 Å². The number of hydrogen-bond acceptors (Lipinski definition) is 2. The number of piperidine rings is 1. The first-order valence-electron chi connectivity index (χ1n) is 6.06. The topological polar surface area (TPSA) is 46.3 Å². The third-order valence-corrected chi connectivity index (χ3v) is 3.60. The number of nitrogens with two attached hydrogens (primary N) is 1. The van der Waals surface area contributed by atoms with Crippen molar-refractivity contribution in [3.8, 4) is 0 Å². The third kappa shape index (κ3) is 2.67. The first-order valence-corrected chi connectivity index (χ1v) is 6.06. The molecule has 3 nitrogen and oxygen atoms in total. The van der Waals surface area contributed by atoms with E-state index in [0.29, 0.717) is 19.5 Å². The van der Waals surface area contributed by atoms with E-state index in [-0.39, 0.29) is 17.4 Å². The Hall–Kier alpha value is -1.35. The molecule has 1 unspecified atom stereocenters.